The van der Waals surface area contributed by atoms with Gasteiger partial charge >= 0.3 is 0 Å². The Kier molecular flexibility index (Phi) is 1.92. The molecule has 52 valence electrons. The van der Waals surface area contributed by atoms with Crippen LogP contribution in [-0.2, 0) is 0 Å². The molecule has 0 spiro atoms. The Morgan fingerprint density at radius 2 is 2.00 bits per heavy atom. The fraction of sp³-hybridized carbons (Fsp3) is 0. The van der Waals surface area contributed by atoms with Crippen LogP contribution < -0.4 is 5.11 Å². The number of carbonyl (C=O) groups excluding carboxylic acids is 1. The van der Waals surface area contributed by atoms with Crippen molar-refractivity contribution in [3.05, 3.63) is 34.9 Å². The van der Waals surface area contributed by atoms with E-state index in [0.717, 1.165) is 0 Å². The van der Waals surface area contributed by atoms with Gasteiger partial charge in [-0.05, 0) is 6.07 Å². The number of carbonyl (C=O) groups is 1. The first-order valence-electron chi connectivity index (χ1n) is 2.67. The topological polar surface area (TPSA) is 40.1 Å². The lowest BCUT2D eigenvalue weighted by molar-refractivity contribution is -0.255. The number of halogens is 1. The van der Waals surface area contributed by atoms with Crippen LogP contribution in [-0.4, -0.2) is 5.97 Å². The predicted molar refractivity (Wildman–Crippen MR) is 35.8 cm³/mol. The van der Waals surface area contributed by atoms with Gasteiger partial charge in [0.15, 0.2) is 0 Å². The molecule has 10 heavy (non-hydrogen) atoms. The van der Waals surface area contributed by atoms with E-state index in [1.807, 2.05) is 0 Å². The third-order valence-electron chi connectivity index (χ3n) is 1.09. The molecule has 0 bridgehead atoms. The summed E-state index contributed by atoms with van der Waals surface area (Å²) in [6.45, 7) is 0. The number of hydrogen-bond acceptors (Lipinski definition) is 2. The van der Waals surface area contributed by atoms with Crippen LogP contribution in [0, 0.1) is 0 Å². The molecule has 0 aliphatic carbocycles. The number of aromatic carboxylic acids is 1. The van der Waals surface area contributed by atoms with E-state index in [1.165, 1.54) is 12.1 Å². The lowest BCUT2D eigenvalue weighted by Crippen LogP contribution is -2.22. The van der Waals surface area contributed by atoms with Gasteiger partial charge in [0, 0.05) is 10.6 Å². The summed E-state index contributed by atoms with van der Waals surface area (Å²) in [5.41, 5.74) is 0.0316. The van der Waals surface area contributed by atoms with Crippen molar-refractivity contribution in [2.24, 2.45) is 0 Å². The maximum atomic E-state index is 10.2. The molecule has 2 nitrogen and oxygen atoms in total. The smallest absolute Gasteiger partial charge is 0.0730 e. The van der Waals surface area contributed by atoms with Crippen molar-refractivity contribution in [1.82, 2.24) is 0 Å². The minimum atomic E-state index is -1.24. The van der Waals surface area contributed by atoms with E-state index in [4.69, 9.17) is 11.6 Å². The van der Waals surface area contributed by atoms with E-state index >= 15 is 0 Å². The highest BCUT2D eigenvalue weighted by Gasteiger charge is 1.96. The monoisotopic (exact) mass is 155 g/mol. The van der Waals surface area contributed by atoms with Gasteiger partial charge in [0.1, 0.15) is 0 Å². The number of carboxylic acid groups (broad SMARTS) is 1. The lowest BCUT2D eigenvalue weighted by Gasteiger charge is -2.02. The van der Waals surface area contributed by atoms with E-state index in [9.17, 15) is 9.90 Å². The zero-order valence-corrected chi connectivity index (χ0v) is 5.76. The zero-order valence-electron chi connectivity index (χ0n) is 5.00. The first-order valence-corrected chi connectivity index (χ1v) is 3.05. The van der Waals surface area contributed by atoms with Crippen molar-refractivity contribution in [2.75, 3.05) is 0 Å². The molecule has 0 saturated heterocycles. The van der Waals surface area contributed by atoms with Crippen LogP contribution in [0.3, 0.4) is 0 Å². The molecule has 1 aromatic rings. The number of hydrogen-bond donors (Lipinski definition) is 0. The number of carboxylic acids is 1. The Hall–Kier alpha value is -1.02. The van der Waals surface area contributed by atoms with Gasteiger partial charge in [-0.1, -0.05) is 29.8 Å². The van der Waals surface area contributed by atoms with Crippen molar-refractivity contribution in [2.45, 2.75) is 0 Å². The number of benzene rings is 1. The quantitative estimate of drug-likeness (QED) is 0.599. The molecular formula is C7H4ClO2-. The third kappa shape index (κ3) is 1.28. The van der Waals surface area contributed by atoms with Gasteiger partial charge in [-0.25, -0.2) is 0 Å². The Balaban J connectivity index is 3.15. The molecule has 0 heterocycles. The molecule has 1 aromatic carbocycles. The Morgan fingerprint density at radius 1 is 1.40 bits per heavy atom. The second kappa shape index (κ2) is 2.71. The average Bonchev–Trinajstić information content (AvgIpc) is 1.88. The standard InChI is InChI=1S/C7H5ClO2/c8-6-4-2-1-3-5(6)7(9)10/h1-4H,(H,9,10)/p-1. The summed E-state index contributed by atoms with van der Waals surface area (Å²) in [6, 6.07) is 6.16. The van der Waals surface area contributed by atoms with Crippen molar-refractivity contribution in [3.63, 3.8) is 0 Å². The summed E-state index contributed by atoms with van der Waals surface area (Å²) in [5.74, 6) is -1.24. The minimum absolute atomic E-state index is 0.0316. The molecule has 0 unspecified atom stereocenters. The van der Waals surface area contributed by atoms with Gasteiger partial charge in [-0.3, -0.25) is 0 Å². The second-order valence-corrected chi connectivity index (χ2v) is 2.17. The summed E-state index contributed by atoms with van der Waals surface area (Å²) in [5, 5.41) is 10.4. The molecule has 0 saturated carbocycles. The van der Waals surface area contributed by atoms with Crippen molar-refractivity contribution < 1.29 is 9.90 Å². The van der Waals surface area contributed by atoms with Gasteiger partial charge in [-0.2, -0.15) is 0 Å². The SMILES string of the molecule is O=C([O-])c1ccccc1Cl. The molecular weight excluding hydrogens is 152 g/mol. The first-order chi connectivity index (χ1) is 4.72. The molecule has 1 rings (SSSR count). The fourth-order valence-electron chi connectivity index (χ4n) is 0.627. The zero-order chi connectivity index (χ0) is 7.56. The largest absolute Gasteiger partial charge is 0.545 e. The summed E-state index contributed by atoms with van der Waals surface area (Å²) in [6.07, 6.45) is 0. The molecule has 3 heteroatoms. The number of rotatable bonds is 1. The Labute approximate surface area is 63.1 Å². The summed E-state index contributed by atoms with van der Waals surface area (Å²) >= 11 is 5.50. The maximum absolute atomic E-state index is 10.2. The van der Waals surface area contributed by atoms with Crippen LogP contribution in [0.1, 0.15) is 10.4 Å². The van der Waals surface area contributed by atoms with Gasteiger partial charge in [0.25, 0.3) is 0 Å². The molecule has 0 aliphatic rings. The van der Waals surface area contributed by atoms with Gasteiger partial charge in [0.2, 0.25) is 0 Å². The summed E-state index contributed by atoms with van der Waals surface area (Å²) in [7, 11) is 0. The molecule has 0 aliphatic heterocycles. The highest BCUT2D eigenvalue weighted by Crippen LogP contribution is 2.12. The van der Waals surface area contributed by atoms with E-state index in [-0.39, 0.29) is 10.6 Å². The first kappa shape index (κ1) is 7.09. The van der Waals surface area contributed by atoms with E-state index in [2.05, 4.69) is 0 Å². The van der Waals surface area contributed by atoms with E-state index in [1.54, 1.807) is 12.1 Å². The van der Waals surface area contributed by atoms with Gasteiger partial charge in [0.05, 0.1) is 5.97 Å². The molecule has 0 atom stereocenters. The minimum Gasteiger partial charge on any atom is -0.545 e. The Bertz CT molecular complexity index is 258. The Morgan fingerprint density at radius 3 is 2.40 bits per heavy atom. The van der Waals surface area contributed by atoms with Crippen LogP contribution in [0.25, 0.3) is 0 Å². The van der Waals surface area contributed by atoms with Crippen molar-refractivity contribution in [3.8, 4) is 0 Å². The summed E-state index contributed by atoms with van der Waals surface area (Å²) in [4.78, 5) is 10.2. The summed E-state index contributed by atoms with van der Waals surface area (Å²) < 4.78 is 0. The second-order valence-electron chi connectivity index (χ2n) is 1.77. The van der Waals surface area contributed by atoms with Crippen molar-refractivity contribution >= 4 is 17.6 Å². The van der Waals surface area contributed by atoms with Crippen LogP contribution >= 0.6 is 11.6 Å². The molecule has 0 aromatic heterocycles. The van der Waals surface area contributed by atoms with Gasteiger partial charge in [-0.15, -0.1) is 0 Å². The highest BCUT2D eigenvalue weighted by atomic mass is 35.5. The fourth-order valence-corrected chi connectivity index (χ4v) is 0.840. The maximum Gasteiger partial charge on any atom is 0.0730 e. The van der Waals surface area contributed by atoms with Crippen LogP contribution in [0.2, 0.25) is 5.02 Å². The van der Waals surface area contributed by atoms with E-state index < -0.39 is 5.97 Å². The van der Waals surface area contributed by atoms with Gasteiger partial charge < -0.3 is 9.90 Å². The highest BCUT2D eigenvalue weighted by molar-refractivity contribution is 6.33. The lowest BCUT2D eigenvalue weighted by atomic mass is 10.2. The average molecular weight is 156 g/mol. The normalized spacial score (nSPS) is 9.30. The van der Waals surface area contributed by atoms with Crippen LogP contribution in [0.5, 0.6) is 0 Å². The third-order valence-corrected chi connectivity index (χ3v) is 1.42. The van der Waals surface area contributed by atoms with E-state index in [0.29, 0.717) is 0 Å². The predicted octanol–water partition coefficient (Wildman–Crippen LogP) is 0.703. The molecule has 0 fully saturated rings. The molecule has 0 amide bonds. The molecule has 0 N–H and O–H groups in total. The van der Waals surface area contributed by atoms with Crippen LogP contribution in [0.15, 0.2) is 24.3 Å². The van der Waals surface area contributed by atoms with Crippen molar-refractivity contribution in [1.29, 1.82) is 0 Å². The van der Waals surface area contributed by atoms with Crippen LogP contribution in [0.4, 0.5) is 0 Å². The molecule has 0 radical (unpaired) electrons.